The van der Waals surface area contributed by atoms with Crippen molar-refractivity contribution < 1.29 is 19.1 Å². The molecule has 4 rings (SSSR count). The van der Waals surface area contributed by atoms with Gasteiger partial charge in [0.05, 0.1) is 7.11 Å². The molecule has 1 heterocycles. The SMILES string of the molecule is COC(=O)CN1C(=O)/C(=C/c2ccc(OCc3cccc4ccccc34)cc2)N(C)C1=S. The van der Waals surface area contributed by atoms with Crippen molar-refractivity contribution in [1.82, 2.24) is 9.80 Å². The monoisotopic (exact) mass is 446 g/mol. The number of rotatable bonds is 6. The van der Waals surface area contributed by atoms with E-state index >= 15 is 0 Å². The number of fused-ring (bicyclic) bond motifs is 1. The third kappa shape index (κ3) is 4.33. The van der Waals surface area contributed by atoms with Crippen LogP contribution in [0.4, 0.5) is 0 Å². The van der Waals surface area contributed by atoms with E-state index in [0.717, 1.165) is 16.9 Å². The molecule has 0 spiro atoms. The number of carbonyl (C=O) groups excluding carboxylic acids is 2. The first-order chi connectivity index (χ1) is 15.5. The Morgan fingerprint density at radius 1 is 1.03 bits per heavy atom. The summed E-state index contributed by atoms with van der Waals surface area (Å²) >= 11 is 5.30. The van der Waals surface area contributed by atoms with Crippen molar-refractivity contribution in [1.29, 1.82) is 0 Å². The lowest BCUT2D eigenvalue weighted by atomic mass is 10.1. The smallest absolute Gasteiger partial charge is 0.325 e. The summed E-state index contributed by atoms with van der Waals surface area (Å²) in [6.45, 7) is 0.247. The number of methoxy groups -OCH3 is 1. The molecular weight excluding hydrogens is 424 g/mol. The van der Waals surface area contributed by atoms with Gasteiger partial charge in [-0.2, -0.15) is 0 Å². The molecule has 1 aliphatic heterocycles. The summed E-state index contributed by atoms with van der Waals surface area (Å²) in [5.74, 6) is -0.128. The highest BCUT2D eigenvalue weighted by Crippen LogP contribution is 2.24. The van der Waals surface area contributed by atoms with Crippen LogP contribution in [0, 0.1) is 0 Å². The summed E-state index contributed by atoms with van der Waals surface area (Å²) < 4.78 is 10.6. The minimum atomic E-state index is -0.525. The first-order valence-electron chi connectivity index (χ1n) is 10.1. The highest BCUT2D eigenvalue weighted by atomic mass is 32.1. The van der Waals surface area contributed by atoms with Crippen LogP contribution in [0.25, 0.3) is 16.8 Å². The fourth-order valence-electron chi connectivity index (χ4n) is 3.54. The van der Waals surface area contributed by atoms with Gasteiger partial charge in [-0.15, -0.1) is 0 Å². The fourth-order valence-corrected chi connectivity index (χ4v) is 3.79. The normalized spacial score (nSPS) is 15.0. The molecule has 0 atom stereocenters. The molecule has 32 heavy (non-hydrogen) atoms. The molecule has 1 amide bonds. The van der Waals surface area contributed by atoms with Crippen LogP contribution in [0.1, 0.15) is 11.1 Å². The van der Waals surface area contributed by atoms with Crippen LogP contribution in [0.2, 0.25) is 0 Å². The second kappa shape index (κ2) is 9.20. The molecule has 0 unspecified atom stereocenters. The molecule has 7 heteroatoms. The predicted molar refractivity (Wildman–Crippen MR) is 127 cm³/mol. The lowest BCUT2D eigenvalue weighted by Crippen LogP contribution is -2.36. The average Bonchev–Trinajstić information content (AvgIpc) is 3.01. The van der Waals surface area contributed by atoms with E-state index in [0.29, 0.717) is 12.3 Å². The Kier molecular flexibility index (Phi) is 6.18. The van der Waals surface area contributed by atoms with Gasteiger partial charge in [-0.25, -0.2) is 0 Å². The molecule has 0 bridgehead atoms. The Balaban J connectivity index is 1.46. The van der Waals surface area contributed by atoms with Crippen LogP contribution in [0.3, 0.4) is 0 Å². The molecule has 3 aromatic carbocycles. The van der Waals surface area contributed by atoms with Crippen LogP contribution in [-0.4, -0.2) is 47.5 Å². The number of nitrogens with zero attached hydrogens (tertiary/aromatic N) is 2. The maximum atomic E-state index is 12.7. The molecule has 1 saturated heterocycles. The first kappa shape index (κ1) is 21.5. The molecule has 1 fully saturated rings. The van der Waals surface area contributed by atoms with Gasteiger partial charge in [-0.3, -0.25) is 14.5 Å². The van der Waals surface area contributed by atoms with Gasteiger partial charge in [0.25, 0.3) is 5.91 Å². The second-order valence-corrected chi connectivity index (χ2v) is 7.70. The summed E-state index contributed by atoms with van der Waals surface area (Å²) in [5.41, 5.74) is 2.33. The zero-order chi connectivity index (χ0) is 22.7. The summed E-state index contributed by atoms with van der Waals surface area (Å²) in [7, 11) is 2.97. The summed E-state index contributed by atoms with van der Waals surface area (Å²) in [5, 5.41) is 2.62. The van der Waals surface area contributed by atoms with Crippen molar-refractivity contribution in [3.05, 3.63) is 83.6 Å². The van der Waals surface area contributed by atoms with E-state index in [-0.39, 0.29) is 17.6 Å². The zero-order valence-electron chi connectivity index (χ0n) is 17.8. The fraction of sp³-hybridized carbons (Fsp3) is 0.160. The Morgan fingerprint density at radius 2 is 1.75 bits per heavy atom. The van der Waals surface area contributed by atoms with Crippen molar-refractivity contribution in [2.75, 3.05) is 20.7 Å². The van der Waals surface area contributed by atoms with Gasteiger partial charge >= 0.3 is 5.97 Å². The topological polar surface area (TPSA) is 59.1 Å². The second-order valence-electron chi connectivity index (χ2n) is 7.33. The number of amides is 1. The molecule has 0 saturated carbocycles. The molecule has 6 nitrogen and oxygen atoms in total. The number of likely N-dealkylation sites (N-methyl/N-ethyl adjacent to an activating group) is 1. The van der Waals surface area contributed by atoms with E-state index in [2.05, 4.69) is 29.0 Å². The number of thiocarbonyl (C=S) groups is 1. The van der Waals surface area contributed by atoms with Crippen LogP contribution in [0.5, 0.6) is 5.75 Å². The van der Waals surface area contributed by atoms with Gasteiger partial charge in [0.15, 0.2) is 5.11 Å². The minimum absolute atomic E-state index is 0.212. The molecular formula is C25H22N2O4S. The van der Waals surface area contributed by atoms with Gasteiger partial charge in [0.1, 0.15) is 24.6 Å². The number of esters is 1. The maximum absolute atomic E-state index is 12.7. The summed E-state index contributed by atoms with van der Waals surface area (Å²) in [4.78, 5) is 27.1. The van der Waals surface area contributed by atoms with Gasteiger partial charge in [0, 0.05) is 7.05 Å². The Bertz CT molecular complexity index is 1210. The van der Waals surface area contributed by atoms with E-state index in [4.69, 9.17) is 17.0 Å². The average molecular weight is 447 g/mol. The highest BCUT2D eigenvalue weighted by molar-refractivity contribution is 7.80. The van der Waals surface area contributed by atoms with Gasteiger partial charge < -0.3 is 14.4 Å². The molecule has 3 aromatic rings. The highest BCUT2D eigenvalue weighted by Gasteiger charge is 2.36. The van der Waals surface area contributed by atoms with Gasteiger partial charge in [-0.1, -0.05) is 54.6 Å². The molecule has 0 radical (unpaired) electrons. The van der Waals surface area contributed by atoms with Crippen molar-refractivity contribution in [3.8, 4) is 5.75 Å². The molecule has 1 aliphatic rings. The largest absolute Gasteiger partial charge is 0.489 e. The maximum Gasteiger partial charge on any atom is 0.325 e. The predicted octanol–water partition coefficient (Wildman–Crippen LogP) is 3.99. The standard InChI is InChI=1S/C25H22N2O4S/c1-26-22(24(29)27(25(26)32)15-23(28)30-2)14-17-10-12-20(13-11-17)31-16-19-8-5-7-18-6-3-4-9-21(18)19/h3-14H,15-16H2,1-2H3/b22-14-. The van der Waals surface area contributed by atoms with E-state index in [9.17, 15) is 9.59 Å². The molecule has 0 aromatic heterocycles. The molecule has 0 N–H and O–H groups in total. The number of benzene rings is 3. The van der Waals surface area contributed by atoms with Crippen LogP contribution >= 0.6 is 12.2 Å². The quantitative estimate of drug-likeness (QED) is 0.324. The van der Waals surface area contributed by atoms with E-state index in [1.54, 1.807) is 18.0 Å². The first-order valence-corrected chi connectivity index (χ1v) is 10.5. The van der Waals surface area contributed by atoms with E-state index < -0.39 is 5.97 Å². The summed E-state index contributed by atoms with van der Waals surface area (Å²) in [6, 6.07) is 21.9. The van der Waals surface area contributed by atoms with E-state index in [1.165, 1.54) is 22.8 Å². The van der Waals surface area contributed by atoms with Gasteiger partial charge in [-0.05, 0) is 52.3 Å². The van der Waals surface area contributed by atoms with E-state index in [1.807, 2.05) is 42.5 Å². The number of hydrogen-bond acceptors (Lipinski definition) is 5. The van der Waals surface area contributed by atoms with Crippen LogP contribution < -0.4 is 4.74 Å². The Morgan fingerprint density at radius 3 is 2.50 bits per heavy atom. The van der Waals surface area contributed by atoms with Crippen molar-refractivity contribution in [3.63, 3.8) is 0 Å². The Hall–Kier alpha value is -3.71. The number of carbonyl (C=O) groups is 2. The van der Waals surface area contributed by atoms with Crippen LogP contribution in [0.15, 0.2) is 72.4 Å². The van der Waals surface area contributed by atoms with Crippen molar-refractivity contribution in [2.24, 2.45) is 0 Å². The van der Waals surface area contributed by atoms with Crippen molar-refractivity contribution >= 4 is 46.1 Å². The van der Waals surface area contributed by atoms with Crippen LogP contribution in [-0.2, 0) is 20.9 Å². The van der Waals surface area contributed by atoms with Crippen molar-refractivity contribution in [2.45, 2.75) is 6.61 Å². The number of hydrogen-bond donors (Lipinski definition) is 0. The molecule has 0 aliphatic carbocycles. The Labute approximate surface area is 191 Å². The minimum Gasteiger partial charge on any atom is -0.489 e. The third-order valence-electron chi connectivity index (χ3n) is 5.32. The summed E-state index contributed by atoms with van der Waals surface area (Å²) in [6.07, 6.45) is 1.74. The zero-order valence-corrected chi connectivity index (χ0v) is 18.6. The lowest BCUT2D eigenvalue weighted by Gasteiger charge is -2.14. The molecule has 162 valence electrons. The lowest BCUT2D eigenvalue weighted by molar-refractivity contribution is -0.143. The number of ether oxygens (including phenoxy) is 2. The third-order valence-corrected chi connectivity index (χ3v) is 5.81. The van der Waals surface area contributed by atoms with Gasteiger partial charge in [0.2, 0.25) is 0 Å².